The maximum absolute atomic E-state index is 15.9. The van der Waals surface area contributed by atoms with E-state index in [0.717, 1.165) is 0 Å². The Morgan fingerprint density at radius 3 is 1.02 bits per heavy atom. The van der Waals surface area contributed by atoms with Crippen molar-refractivity contribution < 1.29 is 30.9 Å². The van der Waals surface area contributed by atoms with Crippen molar-refractivity contribution >= 4 is 23.1 Å². The Kier molecular flexibility index (Phi) is 10.7. The molecule has 0 aliphatic heterocycles. The maximum Gasteiger partial charge on any atom is 0.171 e. The van der Waals surface area contributed by atoms with Crippen LogP contribution < -0.4 is 15.9 Å². The van der Waals surface area contributed by atoms with E-state index in [1.807, 2.05) is 72.8 Å². The molecule has 9 aromatic rings. The minimum atomic E-state index is -3.30. The van der Waals surface area contributed by atoms with Gasteiger partial charge >= 0.3 is 0 Å². The molecule has 8 aromatic carbocycles. The van der Waals surface area contributed by atoms with Crippen molar-refractivity contribution in [3.8, 4) is 67.5 Å². The van der Waals surface area contributed by atoms with E-state index in [4.69, 9.17) is 0 Å². The van der Waals surface area contributed by atoms with Crippen molar-refractivity contribution in [2.45, 2.75) is 0 Å². The summed E-state index contributed by atoms with van der Waals surface area (Å²) in [6, 6.07) is 47.8. The van der Waals surface area contributed by atoms with Crippen LogP contribution in [0, 0.1) is 34.9 Å². The standard InChI is InChI=1S/C51H30F6N3OP/c52-38-26-22-35(23-27-38)50-58-49(59-51(60-50)36-24-28-39(53)29-25-36)34-20-18-33(19-21-34)44-47(56)45(54)43(46(55)48(44)57)32-16-14-31(15-17-32)37-8-7-13-42(30-37)62(61,40-9-3-1-4-10-40)41-11-5-2-6-12-41/h1-30H. The van der Waals surface area contributed by atoms with Crippen LogP contribution in [0.3, 0.4) is 0 Å². The highest BCUT2D eigenvalue weighted by molar-refractivity contribution is 7.85. The molecule has 11 heteroatoms. The molecule has 4 nitrogen and oxygen atoms in total. The number of hydrogen-bond donors (Lipinski definition) is 0. The summed E-state index contributed by atoms with van der Waals surface area (Å²) in [5.74, 6) is -6.78. The summed E-state index contributed by atoms with van der Waals surface area (Å²) >= 11 is 0. The Labute approximate surface area is 352 Å². The van der Waals surface area contributed by atoms with Gasteiger partial charge in [-0.1, -0.05) is 127 Å². The summed E-state index contributed by atoms with van der Waals surface area (Å²) in [6.45, 7) is 0. The normalized spacial score (nSPS) is 11.5. The molecule has 0 N–H and O–H groups in total. The third kappa shape index (κ3) is 7.50. The van der Waals surface area contributed by atoms with Crippen LogP contribution in [0.1, 0.15) is 0 Å². The third-order valence-corrected chi connectivity index (χ3v) is 13.5. The van der Waals surface area contributed by atoms with Gasteiger partial charge < -0.3 is 4.57 Å². The molecule has 0 saturated heterocycles. The lowest BCUT2D eigenvalue weighted by atomic mass is 9.95. The largest absolute Gasteiger partial charge is 0.309 e. The molecule has 0 radical (unpaired) electrons. The number of halogens is 6. The number of benzene rings is 8. The van der Waals surface area contributed by atoms with Crippen LogP contribution in [0.25, 0.3) is 67.5 Å². The van der Waals surface area contributed by atoms with E-state index in [-0.39, 0.29) is 28.6 Å². The summed E-state index contributed by atoms with van der Waals surface area (Å²) in [6.07, 6.45) is 0. The fourth-order valence-corrected chi connectivity index (χ4v) is 10.0. The zero-order valence-corrected chi connectivity index (χ0v) is 33.2. The average Bonchev–Trinajstić information content (AvgIpc) is 3.32. The van der Waals surface area contributed by atoms with Gasteiger partial charge in [0.1, 0.15) is 11.6 Å². The van der Waals surface area contributed by atoms with Gasteiger partial charge in [0, 0.05) is 32.6 Å². The number of aromatic nitrogens is 3. The van der Waals surface area contributed by atoms with Gasteiger partial charge in [-0.15, -0.1) is 0 Å². The van der Waals surface area contributed by atoms with Gasteiger partial charge in [0.25, 0.3) is 0 Å². The van der Waals surface area contributed by atoms with E-state index in [1.165, 1.54) is 84.9 Å². The Bertz CT molecular complexity index is 3000. The first-order valence-corrected chi connectivity index (χ1v) is 21.0. The van der Waals surface area contributed by atoms with Crippen LogP contribution in [0.5, 0.6) is 0 Å². The topological polar surface area (TPSA) is 55.7 Å². The Morgan fingerprint density at radius 2 is 0.629 bits per heavy atom. The highest BCUT2D eigenvalue weighted by Crippen LogP contribution is 2.43. The van der Waals surface area contributed by atoms with Crippen LogP contribution in [0.15, 0.2) is 182 Å². The van der Waals surface area contributed by atoms with E-state index in [1.54, 1.807) is 24.3 Å². The molecule has 0 aliphatic carbocycles. The van der Waals surface area contributed by atoms with Crippen LogP contribution in [0.4, 0.5) is 26.3 Å². The highest BCUT2D eigenvalue weighted by Gasteiger charge is 2.30. The van der Waals surface area contributed by atoms with E-state index in [2.05, 4.69) is 15.0 Å². The van der Waals surface area contributed by atoms with Crippen molar-refractivity contribution in [1.82, 2.24) is 15.0 Å². The summed E-state index contributed by atoms with van der Waals surface area (Å²) in [5.41, 5.74) is 0.551. The van der Waals surface area contributed by atoms with Crippen LogP contribution in [0.2, 0.25) is 0 Å². The molecule has 1 aromatic heterocycles. The smallest absolute Gasteiger partial charge is 0.171 e. The Balaban J connectivity index is 1.03. The zero-order valence-electron chi connectivity index (χ0n) is 32.3. The van der Waals surface area contributed by atoms with E-state index < -0.39 is 53.2 Å². The van der Waals surface area contributed by atoms with Crippen LogP contribution in [-0.2, 0) is 4.57 Å². The van der Waals surface area contributed by atoms with Crippen molar-refractivity contribution in [2.75, 3.05) is 0 Å². The molecule has 0 aliphatic rings. The molecule has 9 rings (SSSR count). The van der Waals surface area contributed by atoms with Gasteiger partial charge in [0.05, 0.1) is 11.1 Å². The molecule has 0 bridgehead atoms. The van der Waals surface area contributed by atoms with Gasteiger partial charge in [-0.05, 0) is 76.9 Å². The second-order valence-electron chi connectivity index (χ2n) is 14.3. The van der Waals surface area contributed by atoms with Crippen LogP contribution >= 0.6 is 7.14 Å². The lowest BCUT2D eigenvalue weighted by Gasteiger charge is -2.20. The van der Waals surface area contributed by atoms with E-state index in [9.17, 15) is 13.3 Å². The highest BCUT2D eigenvalue weighted by atomic mass is 31.2. The first-order chi connectivity index (χ1) is 30.1. The number of rotatable bonds is 9. The van der Waals surface area contributed by atoms with Crippen molar-refractivity contribution in [3.63, 3.8) is 0 Å². The van der Waals surface area contributed by atoms with E-state index >= 15 is 17.6 Å². The molecule has 0 unspecified atom stereocenters. The predicted molar refractivity (Wildman–Crippen MR) is 232 cm³/mol. The van der Waals surface area contributed by atoms with Crippen molar-refractivity contribution in [2.24, 2.45) is 0 Å². The summed E-state index contributed by atoms with van der Waals surface area (Å²) in [4.78, 5) is 13.5. The van der Waals surface area contributed by atoms with Gasteiger partial charge in [0.15, 0.2) is 47.9 Å². The first-order valence-electron chi connectivity index (χ1n) is 19.3. The maximum atomic E-state index is 15.9. The molecule has 0 fully saturated rings. The molecule has 0 amide bonds. The molecule has 0 atom stereocenters. The lowest BCUT2D eigenvalue weighted by molar-refractivity contribution is 0.463. The summed E-state index contributed by atoms with van der Waals surface area (Å²) in [7, 11) is -3.30. The molecular formula is C51H30F6N3OP. The van der Waals surface area contributed by atoms with Gasteiger partial charge in [-0.3, -0.25) is 0 Å². The van der Waals surface area contributed by atoms with Crippen molar-refractivity contribution in [3.05, 3.63) is 217 Å². The minimum absolute atomic E-state index is 0.0948. The quantitative estimate of drug-likeness (QED) is 0.0825. The number of hydrogen-bond acceptors (Lipinski definition) is 4. The summed E-state index contributed by atoms with van der Waals surface area (Å²) in [5, 5.41) is 1.90. The molecule has 62 heavy (non-hydrogen) atoms. The molecule has 302 valence electrons. The first kappa shape index (κ1) is 40.0. The molecule has 0 spiro atoms. The molecule has 1 heterocycles. The fraction of sp³-hybridized carbons (Fsp3) is 0. The number of nitrogens with zero attached hydrogens (tertiary/aromatic N) is 3. The SMILES string of the molecule is O=P(c1ccccc1)(c1ccccc1)c1cccc(-c2ccc(-c3c(F)c(F)c(-c4ccc(-c5nc(-c6ccc(F)cc6)nc(-c6ccc(F)cc6)n5)cc4)c(F)c3F)cc2)c1. The lowest BCUT2D eigenvalue weighted by Crippen LogP contribution is -2.25. The second-order valence-corrected chi connectivity index (χ2v) is 17.1. The average molecular weight is 846 g/mol. The second kappa shape index (κ2) is 16.6. The van der Waals surface area contributed by atoms with Gasteiger partial charge in [-0.2, -0.15) is 0 Å². The van der Waals surface area contributed by atoms with Crippen LogP contribution in [-0.4, -0.2) is 15.0 Å². The summed E-state index contributed by atoms with van der Waals surface area (Å²) < 4.78 is 106. The molecule has 0 saturated carbocycles. The predicted octanol–water partition coefficient (Wildman–Crippen LogP) is 12.3. The van der Waals surface area contributed by atoms with Crippen molar-refractivity contribution in [1.29, 1.82) is 0 Å². The molecular weight excluding hydrogens is 816 g/mol. The van der Waals surface area contributed by atoms with Gasteiger partial charge in [-0.25, -0.2) is 41.3 Å². The van der Waals surface area contributed by atoms with Gasteiger partial charge in [0.2, 0.25) is 0 Å². The Hall–Kier alpha value is -7.42. The monoisotopic (exact) mass is 845 g/mol. The fourth-order valence-electron chi connectivity index (χ4n) is 7.32. The minimum Gasteiger partial charge on any atom is -0.309 e. The third-order valence-electron chi connectivity index (χ3n) is 10.5. The van der Waals surface area contributed by atoms with E-state index in [0.29, 0.717) is 43.7 Å². The Morgan fingerprint density at radius 1 is 0.306 bits per heavy atom. The zero-order chi connectivity index (χ0) is 43.0.